The minimum Gasteiger partial charge on any atom is -0.495 e. The second kappa shape index (κ2) is 8.73. The van der Waals surface area contributed by atoms with Crippen LogP contribution in [0.2, 0.25) is 5.15 Å². The molecule has 0 amide bonds. The Morgan fingerprint density at radius 2 is 2.03 bits per heavy atom. The van der Waals surface area contributed by atoms with E-state index in [1.165, 1.54) is 4.88 Å². The number of pyridine rings is 1. The van der Waals surface area contributed by atoms with Gasteiger partial charge in [0, 0.05) is 28.0 Å². The van der Waals surface area contributed by atoms with Gasteiger partial charge in [-0.15, -0.1) is 11.3 Å². The van der Waals surface area contributed by atoms with Gasteiger partial charge in [0.2, 0.25) is 0 Å². The van der Waals surface area contributed by atoms with Crippen molar-refractivity contribution in [2.24, 2.45) is 5.92 Å². The lowest BCUT2D eigenvalue weighted by molar-refractivity contribution is 0.274. The number of anilines is 1. The van der Waals surface area contributed by atoms with Crippen molar-refractivity contribution in [3.05, 3.63) is 50.3 Å². The highest BCUT2D eigenvalue weighted by Crippen LogP contribution is 2.46. The molecule has 4 rings (SSSR count). The average molecular weight is 446 g/mol. The fraction of sp³-hybridized carbons (Fsp3) is 0.429. The van der Waals surface area contributed by atoms with Crippen molar-refractivity contribution < 1.29 is 9.47 Å². The Kier molecular flexibility index (Phi) is 6.06. The van der Waals surface area contributed by atoms with Gasteiger partial charge in [-0.3, -0.25) is 4.98 Å². The largest absolute Gasteiger partial charge is 0.495 e. The van der Waals surface area contributed by atoms with Crippen molar-refractivity contribution in [1.29, 1.82) is 0 Å². The zero-order chi connectivity index (χ0) is 21.3. The van der Waals surface area contributed by atoms with Crippen LogP contribution < -0.4 is 14.8 Å². The van der Waals surface area contributed by atoms with Gasteiger partial charge in [-0.05, 0) is 39.3 Å². The third-order valence-electron chi connectivity index (χ3n) is 5.21. The molecule has 30 heavy (non-hydrogen) atoms. The highest BCUT2D eigenvalue weighted by molar-refractivity contribution is 7.11. The van der Waals surface area contributed by atoms with E-state index in [0.29, 0.717) is 42.0 Å². The van der Waals surface area contributed by atoms with E-state index in [4.69, 9.17) is 21.1 Å². The molecule has 0 saturated heterocycles. The van der Waals surface area contributed by atoms with Crippen molar-refractivity contribution in [3.63, 3.8) is 0 Å². The molecule has 0 spiro atoms. The van der Waals surface area contributed by atoms with Gasteiger partial charge < -0.3 is 14.8 Å². The van der Waals surface area contributed by atoms with Gasteiger partial charge in [0.05, 0.1) is 37.2 Å². The first-order valence-electron chi connectivity index (χ1n) is 9.78. The topological polar surface area (TPSA) is 82.0 Å². The van der Waals surface area contributed by atoms with Crippen LogP contribution in [0.3, 0.4) is 0 Å². The maximum absolute atomic E-state index is 6.32. The van der Waals surface area contributed by atoms with E-state index in [1.807, 2.05) is 32.9 Å². The number of nitrogens with one attached hydrogen (secondary N) is 1. The molecular weight excluding hydrogens is 422 g/mol. The van der Waals surface area contributed by atoms with E-state index in [2.05, 4.69) is 25.3 Å². The molecule has 3 aromatic rings. The van der Waals surface area contributed by atoms with Crippen LogP contribution in [0, 0.1) is 26.7 Å². The summed E-state index contributed by atoms with van der Waals surface area (Å²) >= 11 is 7.99. The summed E-state index contributed by atoms with van der Waals surface area (Å²) in [5, 5.41) is 4.79. The van der Waals surface area contributed by atoms with Crippen LogP contribution in [-0.4, -0.2) is 33.7 Å². The van der Waals surface area contributed by atoms with Gasteiger partial charge >= 0.3 is 6.01 Å². The van der Waals surface area contributed by atoms with Crippen LogP contribution in [0.25, 0.3) is 0 Å². The number of halogens is 1. The lowest BCUT2D eigenvalue weighted by Crippen LogP contribution is -2.09. The summed E-state index contributed by atoms with van der Waals surface area (Å²) in [5.41, 5.74) is 2.89. The molecular formula is C21H24ClN5O2S. The molecule has 3 heterocycles. The molecule has 2 atom stereocenters. The molecule has 1 aliphatic rings. The van der Waals surface area contributed by atoms with Crippen molar-refractivity contribution in [1.82, 2.24) is 19.9 Å². The van der Waals surface area contributed by atoms with Crippen molar-refractivity contribution in [2.45, 2.75) is 39.7 Å². The van der Waals surface area contributed by atoms with Gasteiger partial charge in [-0.1, -0.05) is 11.6 Å². The number of aryl methyl sites for hydroxylation is 2. The number of hydrogen-bond donors (Lipinski definition) is 1. The third-order valence-corrected chi connectivity index (χ3v) is 6.65. The van der Waals surface area contributed by atoms with E-state index >= 15 is 0 Å². The van der Waals surface area contributed by atoms with Crippen molar-refractivity contribution in [2.75, 3.05) is 19.0 Å². The Hall–Kier alpha value is -2.45. The number of nitrogens with zero attached hydrogens (tertiary/aromatic N) is 4. The zero-order valence-corrected chi connectivity index (χ0v) is 19.0. The normalized spacial score (nSPS) is 17.6. The number of rotatable bonds is 8. The Morgan fingerprint density at radius 3 is 2.70 bits per heavy atom. The van der Waals surface area contributed by atoms with Crippen LogP contribution in [0.15, 0.2) is 18.3 Å². The van der Waals surface area contributed by atoms with Crippen LogP contribution in [0.1, 0.15) is 39.2 Å². The molecule has 1 fully saturated rings. The fourth-order valence-electron chi connectivity index (χ4n) is 3.32. The highest BCUT2D eigenvalue weighted by Gasteiger charge is 2.40. The molecule has 1 saturated carbocycles. The smallest absolute Gasteiger partial charge is 0.319 e. The molecule has 158 valence electrons. The summed E-state index contributed by atoms with van der Waals surface area (Å²) < 4.78 is 11.0. The number of hydrogen-bond acceptors (Lipinski definition) is 8. The molecule has 1 N–H and O–H groups in total. The molecule has 9 heteroatoms. The molecule has 0 aromatic carbocycles. The van der Waals surface area contributed by atoms with Crippen LogP contribution in [-0.2, 0) is 6.54 Å². The number of thiazole rings is 1. The fourth-order valence-corrected chi connectivity index (χ4v) is 4.35. The van der Waals surface area contributed by atoms with E-state index in [1.54, 1.807) is 24.6 Å². The van der Waals surface area contributed by atoms with Gasteiger partial charge in [-0.2, -0.15) is 9.97 Å². The highest BCUT2D eigenvalue weighted by atomic mass is 35.5. The molecule has 7 nitrogen and oxygen atoms in total. The van der Waals surface area contributed by atoms with E-state index in [-0.39, 0.29) is 0 Å². The molecule has 0 radical (unpaired) electrons. The predicted molar refractivity (Wildman–Crippen MR) is 118 cm³/mol. The zero-order valence-electron chi connectivity index (χ0n) is 17.4. The SMILES string of the molecule is COc1ccc([C@@H]2C[C@H]2COc2nc(Cl)c(C)c(NCc3sc(C)nc3C)n2)nc1. The maximum Gasteiger partial charge on any atom is 0.319 e. The minimum absolute atomic E-state index is 0.290. The second-order valence-corrected chi connectivity index (χ2v) is 9.05. The Labute approximate surface area is 184 Å². The van der Waals surface area contributed by atoms with Crippen molar-refractivity contribution >= 4 is 28.8 Å². The summed E-state index contributed by atoms with van der Waals surface area (Å²) in [6.07, 6.45) is 2.78. The summed E-state index contributed by atoms with van der Waals surface area (Å²) in [6, 6.07) is 4.23. The number of ether oxygens (including phenoxy) is 2. The summed E-state index contributed by atoms with van der Waals surface area (Å²) in [5.74, 6) is 2.24. The maximum atomic E-state index is 6.32. The first-order chi connectivity index (χ1) is 14.4. The average Bonchev–Trinajstić information content (AvgIpc) is 3.44. The molecule has 1 aliphatic carbocycles. The van der Waals surface area contributed by atoms with Gasteiger partial charge in [-0.25, -0.2) is 4.98 Å². The second-order valence-electron chi connectivity index (χ2n) is 7.40. The standard InChI is InChI=1S/C21H24ClN5O2S/c1-11-19(22)26-21(27-20(11)24-9-18-12(2)25-13(3)30-18)29-10-14-7-16(14)17-6-5-15(28-4)8-23-17/h5-6,8,14,16H,7,9-10H2,1-4H3,(H,24,26,27)/t14-,16+/m0/s1. The summed E-state index contributed by atoms with van der Waals surface area (Å²) in [7, 11) is 1.64. The minimum atomic E-state index is 0.290. The molecule has 0 aliphatic heterocycles. The van der Waals surface area contributed by atoms with Crippen molar-refractivity contribution in [3.8, 4) is 11.8 Å². The lowest BCUT2D eigenvalue weighted by Gasteiger charge is -2.11. The predicted octanol–water partition coefficient (Wildman–Crippen LogP) is 4.71. The monoisotopic (exact) mass is 445 g/mol. The number of aromatic nitrogens is 4. The lowest BCUT2D eigenvalue weighted by atomic mass is 10.2. The van der Waals surface area contributed by atoms with Crippen LogP contribution in [0.5, 0.6) is 11.8 Å². The summed E-state index contributed by atoms with van der Waals surface area (Å²) in [4.78, 5) is 18.9. The van der Waals surface area contributed by atoms with E-state index in [9.17, 15) is 0 Å². The van der Waals surface area contributed by atoms with Gasteiger partial charge in [0.15, 0.2) is 0 Å². The number of methoxy groups -OCH3 is 1. The summed E-state index contributed by atoms with van der Waals surface area (Å²) in [6.45, 7) is 7.08. The first-order valence-corrected chi connectivity index (χ1v) is 11.0. The van der Waals surface area contributed by atoms with Gasteiger partial charge in [0.1, 0.15) is 16.7 Å². The van der Waals surface area contributed by atoms with Crippen LogP contribution >= 0.6 is 22.9 Å². The van der Waals surface area contributed by atoms with Crippen LogP contribution in [0.4, 0.5) is 5.82 Å². The van der Waals surface area contributed by atoms with E-state index < -0.39 is 0 Å². The van der Waals surface area contributed by atoms with E-state index in [0.717, 1.165) is 34.1 Å². The molecule has 3 aromatic heterocycles. The Morgan fingerprint density at radius 1 is 1.20 bits per heavy atom. The molecule has 0 bridgehead atoms. The third kappa shape index (κ3) is 4.65. The Balaban J connectivity index is 1.37. The quantitative estimate of drug-likeness (QED) is 0.502. The molecule has 0 unspecified atom stereocenters. The first kappa shape index (κ1) is 20.8. The van der Waals surface area contributed by atoms with Gasteiger partial charge in [0.25, 0.3) is 0 Å². The Bertz CT molecular complexity index is 1040.